The summed E-state index contributed by atoms with van der Waals surface area (Å²) in [6.45, 7) is 8.76. The van der Waals surface area contributed by atoms with Crippen LogP contribution in [0.15, 0.2) is 61.2 Å². The normalized spacial score (nSPS) is 12.0. The van der Waals surface area contributed by atoms with Gasteiger partial charge in [0.1, 0.15) is 0 Å². The molecule has 1 heterocycles. The number of amides is 1. The number of fused-ring (bicyclic) bond motifs is 1. The molecule has 0 spiro atoms. The number of ketones is 1. The first-order valence-electron chi connectivity index (χ1n) is 12.2. The van der Waals surface area contributed by atoms with E-state index >= 15 is 0 Å². The number of nitrogens with zero attached hydrogens (tertiary/aromatic N) is 1. The third kappa shape index (κ3) is 7.08. The second kappa shape index (κ2) is 12.5. The number of carbonyl (C=O) groups excluding carboxylic acids is 2. The van der Waals surface area contributed by atoms with Crippen LogP contribution in [-0.2, 0) is 17.8 Å². The number of carboxylic acid groups (broad SMARTS) is 1. The predicted octanol–water partition coefficient (Wildman–Crippen LogP) is 6.16. The van der Waals surface area contributed by atoms with Crippen LogP contribution in [0.5, 0.6) is 0 Å². The summed E-state index contributed by atoms with van der Waals surface area (Å²) in [5.41, 5.74) is 3.02. The average molecular weight is 509 g/mol. The molecule has 3 aromatic rings. The highest BCUT2D eigenvalue weighted by atomic mass is 35.5. The number of halogens is 1. The molecular weight excluding hydrogens is 476 g/mol. The van der Waals surface area contributed by atoms with Gasteiger partial charge < -0.3 is 15.0 Å². The van der Waals surface area contributed by atoms with Gasteiger partial charge in [-0.25, -0.2) is 0 Å². The van der Waals surface area contributed by atoms with Gasteiger partial charge >= 0.3 is 5.97 Å². The third-order valence-electron chi connectivity index (χ3n) is 6.21. The van der Waals surface area contributed by atoms with Crippen LogP contribution in [0.4, 0.5) is 0 Å². The lowest BCUT2D eigenvalue weighted by atomic mass is 9.87. The van der Waals surface area contributed by atoms with Crippen molar-refractivity contribution in [3.63, 3.8) is 0 Å². The second-order valence-electron chi connectivity index (χ2n) is 9.47. The number of hydrogen-bond acceptors (Lipinski definition) is 3. The zero-order valence-corrected chi connectivity index (χ0v) is 21.6. The van der Waals surface area contributed by atoms with Crippen molar-refractivity contribution in [1.82, 2.24) is 9.88 Å². The average Bonchev–Trinajstić information content (AvgIpc) is 3.18. The van der Waals surface area contributed by atoms with Crippen LogP contribution in [0.3, 0.4) is 0 Å². The fourth-order valence-corrected chi connectivity index (χ4v) is 4.48. The van der Waals surface area contributed by atoms with Crippen LogP contribution in [0.25, 0.3) is 10.9 Å². The van der Waals surface area contributed by atoms with E-state index in [2.05, 4.69) is 25.7 Å². The Bertz CT molecular complexity index is 1240. The van der Waals surface area contributed by atoms with Crippen molar-refractivity contribution in [2.45, 2.75) is 46.1 Å². The Kier molecular flexibility index (Phi) is 9.48. The molecule has 6 nitrogen and oxygen atoms in total. The zero-order valence-electron chi connectivity index (χ0n) is 20.8. The van der Waals surface area contributed by atoms with Crippen molar-refractivity contribution in [2.75, 3.05) is 6.54 Å². The molecule has 1 amide bonds. The van der Waals surface area contributed by atoms with E-state index in [1.807, 2.05) is 41.0 Å². The molecule has 1 atom stereocenters. The van der Waals surface area contributed by atoms with E-state index < -0.39 is 5.97 Å². The first kappa shape index (κ1) is 27.2. The Morgan fingerprint density at radius 2 is 1.81 bits per heavy atom. The van der Waals surface area contributed by atoms with E-state index in [4.69, 9.17) is 16.7 Å². The van der Waals surface area contributed by atoms with Crippen molar-refractivity contribution in [1.29, 1.82) is 0 Å². The zero-order chi connectivity index (χ0) is 26.2. The number of carboxylic acids is 1. The molecule has 0 aliphatic rings. The number of allylic oxidation sites excluding steroid dienone is 1. The maximum Gasteiger partial charge on any atom is 0.305 e. The molecule has 3 rings (SSSR count). The molecule has 0 aliphatic carbocycles. The molecule has 0 saturated carbocycles. The highest BCUT2D eigenvalue weighted by Gasteiger charge is 2.25. The second-order valence-corrected chi connectivity index (χ2v) is 9.90. The van der Waals surface area contributed by atoms with Gasteiger partial charge in [0.15, 0.2) is 5.78 Å². The molecule has 1 unspecified atom stereocenters. The molecule has 0 aliphatic heterocycles. The van der Waals surface area contributed by atoms with E-state index in [-0.39, 0.29) is 30.6 Å². The van der Waals surface area contributed by atoms with Crippen LogP contribution in [-0.4, -0.2) is 33.9 Å². The lowest BCUT2D eigenvalue weighted by molar-refractivity contribution is -0.136. The highest BCUT2D eigenvalue weighted by molar-refractivity contribution is 6.31. The van der Waals surface area contributed by atoms with Crippen LogP contribution in [0, 0.1) is 11.8 Å². The Balaban J connectivity index is 1.83. The monoisotopic (exact) mass is 508 g/mol. The molecule has 0 bridgehead atoms. The summed E-state index contributed by atoms with van der Waals surface area (Å²) in [7, 11) is 0. The van der Waals surface area contributed by atoms with E-state index in [0.717, 1.165) is 29.3 Å². The minimum absolute atomic E-state index is 0.0750. The highest BCUT2D eigenvalue weighted by Crippen LogP contribution is 2.28. The fourth-order valence-electron chi connectivity index (χ4n) is 4.30. The molecule has 0 saturated heterocycles. The molecule has 0 radical (unpaired) electrons. The Hall–Kier alpha value is -3.38. The Morgan fingerprint density at radius 3 is 2.44 bits per heavy atom. The van der Waals surface area contributed by atoms with Crippen molar-refractivity contribution >= 4 is 40.2 Å². The summed E-state index contributed by atoms with van der Waals surface area (Å²) in [4.78, 5) is 36.8. The van der Waals surface area contributed by atoms with Gasteiger partial charge in [0.2, 0.25) is 0 Å². The predicted molar refractivity (Wildman–Crippen MR) is 144 cm³/mol. The van der Waals surface area contributed by atoms with Crippen molar-refractivity contribution in [3.05, 3.63) is 83.0 Å². The number of benzene rings is 2. The maximum absolute atomic E-state index is 13.9. The third-order valence-corrected chi connectivity index (χ3v) is 6.45. The number of hydrogen-bond donors (Lipinski definition) is 2. The van der Waals surface area contributed by atoms with Crippen molar-refractivity contribution in [2.24, 2.45) is 11.8 Å². The van der Waals surface area contributed by atoms with Crippen LogP contribution >= 0.6 is 11.6 Å². The van der Waals surface area contributed by atoms with Gasteiger partial charge in [-0.1, -0.05) is 50.1 Å². The summed E-state index contributed by atoms with van der Waals surface area (Å²) in [5, 5.41) is 12.9. The maximum atomic E-state index is 13.9. The molecule has 2 N–H and O–H groups in total. The van der Waals surface area contributed by atoms with Gasteiger partial charge in [-0.05, 0) is 60.7 Å². The summed E-state index contributed by atoms with van der Waals surface area (Å²) in [6.07, 6.45) is 3.90. The summed E-state index contributed by atoms with van der Waals surface area (Å²) in [5.74, 6) is -0.942. The van der Waals surface area contributed by atoms with Gasteiger partial charge in [-0.2, -0.15) is 0 Å². The molecule has 1 aromatic heterocycles. The topological polar surface area (TPSA) is 88.4 Å². The van der Waals surface area contributed by atoms with Gasteiger partial charge in [0.05, 0.1) is 12.1 Å². The van der Waals surface area contributed by atoms with Crippen molar-refractivity contribution < 1.29 is 19.5 Å². The van der Waals surface area contributed by atoms with Crippen LogP contribution in [0.1, 0.15) is 59.5 Å². The molecule has 0 fully saturated rings. The van der Waals surface area contributed by atoms with E-state index in [1.54, 1.807) is 18.2 Å². The van der Waals surface area contributed by atoms with Gasteiger partial charge in [-0.3, -0.25) is 14.4 Å². The van der Waals surface area contributed by atoms with Gasteiger partial charge in [0, 0.05) is 40.5 Å². The Labute approximate surface area is 217 Å². The molecular formula is C29H33ClN2O4. The quantitative estimate of drug-likeness (QED) is 0.214. The number of nitrogens with one attached hydrogen (secondary N) is 1. The number of aromatic nitrogens is 1. The minimum atomic E-state index is -0.960. The fraction of sp³-hybridized carbons (Fsp3) is 0.345. The first-order valence-corrected chi connectivity index (χ1v) is 12.6. The lowest BCUT2D eigenvalue weighted by Crippen LogP contribution is -2.26. The minimum Gasteiger partial charge on any atom is -0.481 e. The van der Waals surface area contributed by atoms with E-state index in [0.29, 0.717) is 35.2 Å². The molecule has 36 heavy (non-hydrogen) atoms. The molecule has 7 heteroatoms. The largest absolute Gasteiger partial charge is 0.481 e. The first-order chi connectivity index (χ1) is 17.2. The van der Waals surface area contributed by atoms with Crippen LogP contribution < -0.4 is 5.32 Å². The summed E-state index contributed by atoms with van der Waals surface area (Å²) >= 11 is 6.20. The van der Waals surface area contributed by atoms with E-state index in [9.17, 15) is 14.4 Å². The number of aliphatic carboxylic acids is 1. The molecule has 190 valence electrons. The molecule has 2 aromatic carbocycles. The van der Waals surface area contributed by atoms with E-state index in [1.165, 1.54) is 0 Å². The standard InChI is InChI=1S/C29H33ClN2O4/c1-4-15-32-25-12-11-24(30)17-23(25)18-26(32)28(35)22(8-5-19(2)3)16-20-6-9-21(10-7-20)29(36)31-14-13-27(33)34/h4,6-7,9-12,17-19,22H,1,5,8,13-16H2,2-3H3,(H,31,36)(H,33,34). The Morgan fingerprint density at radius 1 is 1.08 bits per heavy atom. The lowest BCUT2D eigenvalue weighted by Gasteiger charge is -2.19. The van der Waals surface area contributed by atoms with Crippen LogP contribution in [0.2, 0.25) is 5.02 Å². The van der Waals surface area contributed by atoms with Crippen molar-refractivity contribution in [3.8, 4) is 0 Å². The summed E-state index contributed by atoms with van der Waals surface area (Å²) in [6, 6.07) is 14.7. The number of rotatable bonds is 13. The number of carbonyl (C=O) groups is 3. The SMILES string of the molecule is C=CCn1c(C(=O)C(CCC(C)C)Cc2ccc(C(=O)NCCC(=O)O)cc2)cc2cc(Cl)ccc21. The van der Waals surface area contributed by atoms with Gasteiger partial charge in [-0.15, -0.1) is 6.58 Å². The number of Topliss-reactive ketones (excluding diaryl/α,β-unsaturated/α-hetero) is 1. The smallest absolute Gasteiger partial charge is 0.305 e. The van der Waals surface area contributed by atoms with Gasteiger partial charge in [0.25, 0.3) is 5.91 Å². The summed E-state index contributed by atoms with van der Waals surface area (Å²) < 4.78 is 1.99.